The van der Waals surface area contributed by atoms with Crippen molar-refractivity contribution in [1.82, 2.24) is 4.90 Å². The summed E-state index contributed by atoms with van der Waals surface area (Å²) in [5.74, 6) is -0.316. The highest BCUT2D eigenvalue weighted by molar-refractivity contribution is 7.98. The van der Waals surface area contributed by atoms with Gasteiger partial charge in [-0.15, -0.1) is 11.8 Å². The summed E-state index contributed by atoms with van der Waals surface area (Å²) in [5, 5.41) is 0. The molecular weight excluding hydrogens is 284 g/mol. The van der Waals surface area contributed by atoms with E-state index in [1.807, 2.05) is 36.3 Å². The minimum Gasteiger partial charge on any atom is -0.370 e. The van der Waals surface area contributed by atoms with E-state index in [2.05, 4.69) is 0 Å². The number of rotatable bonds is 4. The lowest BCUT2D eigenvalue weighted by Crippen LogP contribution is -2.45. The number of carbonyl (C=O) groups excluding carboxylic acids is 2. The van der Waals surface area contributed by atoms with Crippen molar-refractivity contribution in [2.45, 2.75) is 43.5 Å². The Labute approximate surface area is 130 Å². The minimum absolute atomic E-state index is 0.0225. The number of amides is 2. The van der Waals surface area contributed by atoms with E-state index in [1.165, 1.54) is 0 Å². The fourth-order valence-corrected chi connectivity index (χ4v) is 3.27. The van der Waals surface area contributed by atoms with Crippen molar-refractivity contribution >= 4 is 23.6 Å². The molecule has 0 bridgehead atoms. The van der Waals surface area contributed by atoms with Crippen LogP contribution in [0.25, 0.3) is 0 Å². The van der Waals surface area contributed by atoms with E-state index >= 15 is 0 Å². The van der Waals surface area contributed by atoms with Gasteiger partial charge in [0.15, 0.2) is 0 Å². The molecule has 2 amide bonds. The van der Waals surface area contributed by atoms with Gasteiger partial charge in [-0.2, -0.15) is 0 Å². The molecular formula is C16H22N2O2S. The second-order valence-electron chi connectivity index (χ2n) is 5.50. The molecule has 2 N–H and O–H groups in total. The minimum atomic E-state index is -0.339. The summed E-state index contributed by atoms with van der Waals surface area (Å²) in [6.45, 7) is 2.66. The Morgan fingerprint density at radius 1 is 1.38 bits per heavy atom. The summed E-state index contributed by atoms with van der Waals surface area (Å²) in [7, 11) is 0. The number of piperidine rings is 1. The Bertz CT molecular complexity index is 545. The molecule has 1 saturated heterocycles. The maximum Gasteiger partial charge on any atom is 0.254 e. The summed E-state index contributed by atoms with van der Waals surface area (Å²) >= 11 is 1.62. The van der Waals surface area contributed by atoms with Crippen LogP contribution in [0.15, 0.2) is 23.1 Å². The maximum atomic E-state index is 12.8. The average molecular weight is 306 g/mol. The van der Waals surface area contributed by atoms with Crippen molar-refractivity contribution in [2.75, 3.05) is 12.8 Å². The van der Waals surface area contributed by atoms with E-state index in [-0.39, 0.29) is 24.3 Å². The Hall–Kier alpha value is -1.49. The predicted molar refractivity (Wildman–Crippen MR) is 85.4 cm³/mol. The van der Waals surface area contributed by atoms with Gasteiger partial charge in [-0.3, -0.25) is 9.59 Å². The molecule has 1 atom stereocenters. The normalized spacial score (nSPS) is 18.6. The van der Waals surface area contributed by atoms with Crippen LogP contribution < -0.4 is 5.73 Å². The van der Waals surface area contributed by atoms with E-state index in [1.54, 1.807) is 11.8 Å². The van der Waals surface area contributed by atoms with Crippen LogP contribution in [-0.2, 0) is 4.79 Å². The third kappa shape index (κ3) is 3.79. The second kappa shape index (κ2) is 6.98. The zero-order valence-electron chi connectivity index (χ0n) is 12.6. The lowest BCUT2D eigenvalue weighted by Gasteiger charge is -2.35. The van der Waals surface area contributed by atoms with Crippen molar-refractivity contribution in [3.05, 3.63) is 29.3 Å². The number of aryl methyl sites for hydroxylation is 1. The van der Waals surface area contributed by atoms with E-state index < -0.39 is 0 Å². The Balaban J connectivity index is 2.26. The molecule has 0 saturated carbocycles. The molecule has 0 spiro atoms. The molecule has 1 aliphatic heterocycles. The summed E-state index contributed by atoms with van der Waals surface area (Å²) in [5.41, 5.74) is 7.03. The Morgan fingerprint density at radius 2 is 2.14 bits per heavy atom. The summed E-state index contributed by atoms with van der Waals surface area (Å²) in [4.78, 5) is 27.0. The molecule has 0 aliphatic carbocycles. The first-order valence-corrected chi connectivity index (χ1v) is 8.49. The van der Waals surface area contributed by atoms with Crippen LogP contribution in [0.2, 0.25) is 0 Å². The molecule has 2 rings (SSSR count). The molecule has 0 aromatic heterocycles. The first kappa shape index (κ1) is 15.9. The highest BCUT2D eigenvalue weighted by atomic mass is 32.2. The zero-order chi connectivity index (χ0) is 15.4. The number of likely N-dealkylation sites (tertiary alicyclic amines) is 1. The summed E-state index contributed by atoms with van der Waals surface area (Å²) in [6, 6.07) is 5.89. The maximum absolute atomic E-state index is 12.8. The lowest BCUT2D eigenvalue weighted by atomic mass is 9.97. The van der Waals surface area contributed by atoms with Gasteiger partial charge in [-0.05, 0) is 50.1 Å². The fourth-order valence-electron chi connectivity index (χ4n) is 2.83. The third-order valence-electron chi connectivity index (χ3n) is 4.00. The summed E-state index contributed by atoms with van der Waals surface area (Å²) < 4.78 is 0. The molecule has 1 aliphatic rings. The van der Waals surface area contributed by atoms with Crippen LogP contribution in [0.1, 0.15) is 41.6 Å². The van der Waals surface area contributed by atoms with Crippen molar-refractivity contribution in [3.8, 4) is 0 Å². The molecule has 1 aromatic rings. The molecule has 114 valence electrons. The molecule has 5 heteroatoms. The Morgan fingerprint density at radius 3 is 2.81 bits per heavy atom. The van der Waals surface area contributed by atoms with Gasteiger partial charge >= 0.3 is 0 Å². The zero-order valence-corrected chi connectivity index (χ0v) is 13.4. The highest BCUT2D eigenvalue weighted by Crippen LogP contribution is 2.25. The van der Waals surface area contributed by atoms with E-state index in [0.717, 1.165) is 35.3 Å². The molecule has 4 nitrogen and oxygen atoms in total. The van der Waals surface area contributed by atoms with Gasteiger partial charge in [0, 0.05) is 29.5 Å². The number of nitrogens with zero attached hydrogens (tertiary/aromatic N) is 1. The van der Waals surface area contributed by atoms with Crippen LogP contribution in [0.3, 0.4) is 0 Å². The van der Waals surface area contributed by atoms with Crippen LogP contribution in [0.5, 0.6) is 0 Å². The van der Waals surface area contributed by atoms with E-state index in [4.69, 9.17) is 5.73 Å². The van der Waals surface area contributed by atoms with Crippen LogP contribution >= 0.6 is 11.8 Å². The number of thioether (sulfide) groups is 1. The quantitative estimate of drug-likeness (QED) is 0.870. The monoisotopic (exact) mass is 306 g/mol. The van der Waals surface area contributed by atoms with Gasteiger partial charge < -0.3 is 10.6 Å². The fraction of sp³-hybridized carbons (Fsp3) is 0.500. The largest absolute Gasteiger partial charge is 0.370 e. The molecule has 1 heterocycles. The number of benzene rings is 1. The predicted octanol–water partition coefficient (Wildman–Crippen LogP) is 2.59. The van der Waals surface area contributed by atoms with Gasteiger partial charge in [0.2, 0.25) is 5.91 Å². The number of nitrogens with two attached hydrogens (primary N) is 1. The number of primary amides is 1. The molecule has 0 radical (unpaired) electrons. The molecule has 1 fully saturated rings. The molecule has 1 unspecified atom stereocenters. The van der Waals surface area contributed by atoms with Gasteiger partial charge in [-0.1, -0.05) is 6.07 Å². The van der Waals surface area contributed by atoms with E-state index in [9.17, 15) is 9.59 Å². The van der Waals surface area contributed by atoms with Gasteiger partial charge in [0.05, 0.1) is 0 Å². The topological polar surface area (TPSA) is 63.4 Å². The smallest absolute Gasteiger partial charge is 0.254 e. The van der Waals surface area contributed by atoms with Gasteiger partial charge in [0.25, 0.3) is 5.91 Å². The van der Waals surface area contributed by atoms with Crippen LogP contribution in [-0.4, -0.2) is 35.6 Å². The van der Waals surface area contributed by atoms with Crippen molar-refractivity contribution in [2.24, 2.45) is 5.73 Å². The van der Waals surface area contributed by atoms with Crippen LogP contribution in [0.4, 0.5) is 0 Å². The number of hydrogen-bond acceptors (Lipinski definition) is 3. The van der Waals surface area contributed by atoms with Gasteiger partial charge in [0.1, 0.15) is 0 Å². The first-order valence-electron chi connectivity index (χ1n) is 7.27. The number of carbonyl (C=O) groups is 2. The van der Waals surface area contributed by atoms with Gasteiger partial charge in [-0.25, -0.2) is 0 Å². The van der Waals surface area contributed by atoms with Crippen molar-refractivity contribution in [3.63, 3.8) is 0 Å². The summed E-state index contributed by atoms with van der Waals surface area (Å²) in [6.07, 6.45) is 5.15. The standard InChI is InChI=1S/C16H22N2O2S/c1-11-6-7-13(21-2)10-14(11)16(20)18-8-4-3-5-12(18)9-15(17)19/h6-7,10,12H,3-5,8-9H2,1-2H3,(H2,17,19). The number of hydrogen-bond donors (Lipinski definition) is 1. The van der Waals surface area contributed by atoms with Crippen LogP contribution in [0, 0.1) is 6.92 Å². The third-order valence-corrected chi connectivity index (χ3v) is 4.73. The Kier molecular flexibility index (Phi) is 5.28. The molecule has 1 aromatic carbocycles. The first-order chi connectivity index (χ1) is 10.0. The highest BCUT2D eigenvalue weighted by Gasteiger charge is 2.29. The molecule has 21 heavy (non-hydrogen) atoms. The van der Waals surface area contributed by atoms with Crippen molar-refractivity contribution < 1.29 is 9.59 Å². The van der Waals surface area contributed by atoms with E-state index in [0.29, 0.717) is 6.54 Å². The SMILES string of the molecule is CSc1ccc(C)c(C(=O)N2CCCCC2CC(N)=O)c1. The van der Waals surface area contributed by atoms with Crippen molar-refractivity contribution in [1.29, 1.82) is 0 Å². The lowest BCUT2D eigenvalue weighted by molar-refractivity contribution is -0.119. The second-order valence-corrected chi connectivity index (χ2v) is 6.38. The average Bonchev–Trinajstić information content (AvgIpc) is 2.47.